The molecule has 112 valence electrons. The van der Waals surface area contributed by atoms with Crippen LogP contribution in [0.4, 0.5) is 0 Å². The number of rotatable bonds is 5. The van der Waals surface area contributed by atoms with Crippen molar-refractivity contribution in [2.45, 2.75) is 38.8 Å². The van der Waals surface area contributed by atoms with Crippen LogP contribution in [0.5, 0.6) is 5.75 Å². The molecule has 0 amide bonds. The van der Waals surface area contributed by atoms with Gasteiger partial charge in [0.2, 0.25) is 0 Å². The third kappa shape index (κ3) is 3.33. The molecule has 1 N–H and O–H groups in total. The zero-order valence-corrected chi connectivity index (χ0v) is 14.6. The van der Waals surface area contributed by atoms with Crippen molar-refractivity contribution in [1.29, 1.82) is 0 Å². The van der Waals surface area contributed by atoms with E-state index in [1.54, 1.807) is 11.3 Å². The number of benzene rings is 1. The van der Waals surface area contributed by atoms with E-state index in [0.29, 0.717) is 12.6 Å². The van der Waals surface area contributed by atoms with E-state index in [2.05, 4.69) is 57.8 Å². The fourth-order valence-corrected chi connectivity index (χ4v) is 4.36. The Bertz CT molecular complexity index is 611. The maximum atomic E-state index is 6.11. The molecule has 2 nitrogen and oxygen atoms in total. The van der Waals surface area contributed by atoms with Gasteiger partial charge in [0, 0.05) is 10.5 Å². The quantitative estimate of drug-likeness (QED) is 0.797. The van der Waals surface area contributed by atoms with Gasteiger partial charge in [-0.1, -0.05) is 19.1 Å². The Balaban J connectivity index is 1.80. The number of hydrogen-bond acceptors (Lipinski definition) is 3. The zero-order valence-electron chi connectivity index (χ0n) is 12.2. The van der Waals surface area contributed by atoms with Gasteiger partial charge in [-0.25, -0.2) is 0 Å². The lowest BCUT2D eigenvalue weighted by atomic mass is 9.87. The van der Waals surface area contributed by atoms with E-state index in [-0.39, 0.29) is 0 Å². The Kier molecular flexibility index (Phi) is 4.99. The second kappa shape index (κ2) is 6.95. The predicted octanol–water partition coefficient (Wildman–Crippen LogP) is 5.08. The average molecular weight is 366 g/mol. The SMILES string of the molecule is CCNC1CCCc2c(OCc3sccc3Br)cccc21. The maximum absolute atomic E-state index is 6.11. The molecule has 0 radical (unpaired) electrons. The Morgan fingerprint density at radius 2 is 2.29 bits per heavy atom. The highest BCUT2D eigenvalue weighted by Crippen LogP contribution is 2.36. The first-order chi connectivity index (χ1) is 10.3. The smallest absolute Gasteiger partial charge is 0.124 e. The summed E-state index contributed by atoms with van der Waals surface area (Å²) >= 11 is 5.30. The minimum absolute atomic E-state index is 0.482. The van der Waals surface area contributed by atoms with Crippen LogP contribution < -0.4 is 10.1 Å². The summed E-state index contributed by atoms with van der Waals surface area (Å²) < 4.78 is 7.25. The van der Waals surface area contributed by atoms with Gasteiger partial charge >= 0.3 is 0 Å². The average Bonchev–Trinajstić information content (AvgIpc) is 2.91. The summed E-state index contributed by atoms with van der Waals surface area (Å²) in [5, 5.41) is 5.67. The van der Waals surface area contributed by atoms with Gasteiger partial charge in [-0.05, 0) is 70.4 Å². The molecule has 0 aliphatic heterocycles. The van der Waals surface area contributed by atoms with Gasteiger partial charge in [0.05, 0.1) is 4.88 Å². The highest BCUT2D eigenvalue weighted by atomic mass is 79.9. The van der Waals surface area contributed by atoms with Crippen LogP contribution in [0, 0.1) is 0 Å². The van der Waals surface area contributed by atoms with Crippen LogP contribution in [0.3, 0.4) is 0 Å². The number of halogens is 1. The normalized spacial score (nSPS) is 17.5. The van der Waals surface area contributed by atoms with Gasteiger partial charge in [0.25, 0.3) is 0 Å². The highest BCUT2D eigenvalue weighted by molar-refractivity contribution is 9.10. The fraction of sp³-hybridized carbons (Fsp3) is 0.412. The molecule has 0 saturated carbocycles. The number of fused-ring (bicyclic) bond motifs is 1. The fourth-order valence-electron chi connectivity index (χ4n) is 2.98. The van der Waals surface area contributed by atoms with Crippen molar-refractivity contribution in [1.82, 2.24) is 5.32 Å². The molecule has 2 aromatic rings. The molecule has 4 heteroatoms. The molecule has 0 fully saturated rings. The van der Waals surface area contributed by atoms with E-state index in [4.69, 9.17) is 4.74 Å². The summed E-state index contributed by atoms with van der Waals surface area (Å²) in [4.78, 5) is 1.24. The minimum Gasteiger partial charge on any atom is -0.488 e. The molecule has 1 aliphatic rings. The maximum Gasteiger partial charge on any atom is 0.124 e. The molecule has 1 aromatic heterocycles. The van der Waals surface area contributed by atoms with Crippen molar-refractivity contribution in [2.75, 3.05) is 6.54 Å². The Morgan fingerprint density at radius 3 is 3.05 bits per heavy atom. The van der Waals surface area contributed by atoms with Gasteiger partial charge in [-0.3, -0.25) is 0 Å². The van der Waals surface area contributed by atoms with Crippen molar-refractivity contribution >= 4 is 27.3 Å². The lowest BCUT2D eigenvalue weighted by Crippen LogP contribution is -2.25. The van der Waals surface area contributed by atoms with E-state index in [0.717, 1.165) is 23.2 Å². The lowest BCUT2D eigenvalue weighted by Gasteiger charge is -2.27. The van der Waals surface area contributed by atoms with E-state index >= 15 is 0 Å². The van der Waals surface area contributed by atoms with Crippen LogP contribution >= 0.6 is 27.3 Å². The van der Waals surface area contributed by atoms with Crippen molar-refractivity contribution in [3.63, 3.8) is 0 Å². The Labute approximate surface area is 138 Å². The van der Waals surface area contributed by atoms with Crippen molar-refractivity contribution in [3.8, 4) is 5.75 Å². The van der Waals surface area contributed by atoms with Crippen LogP contribution in [0.2, 0.25) is 0 Å². The van der Waals surface area contributed by atoms with E-state index in [1.165, 1.54) is 28.8 Å². The van der Waals surface area contributed by atoms with Gasteiger partial charge in [0.1, 0.15) is 12.4 Å². The van der Waals surface area contributed by atoms with Gasteiger partial charge in [-0.15, -0.1) is 11.3 Å². The molecule has 0 saturated heterocycles. The van der Waals surface area contributed by atoms with Gasteiger partial charge in [-0.2, -0.15) is 0 Å². The second-order valence-electron chi connectivity index (χ2n) is 5.31. The Hall–Kier alpha value is -0.840. The standard InChI is InChI=1S/C17H20BrNOS/c1-2-19-15-7-3-6-13-12(15)5-4-8-16(13)20-11-17-14(18)9-10-21-17/h4-5,8-10,15,19H,2-3,6-7,11H2,1H3. The zero-order chi connectivity index (χ0) is 14.7. The lowest BCUT2D eigenvalue weighted by molar-refractivity contribution is 0.302. The van der Waals surface area contributed by atoms with Crippen molar-refractivity contribution < 1.29 is 4.74 Å². The molecular formula is C17H20BrNOS. The first kappa shape index (κ1) is 15.1. The van der Waals surface area contributed by atoms with Crippen LogP contribution in [-0.2, 0) is 13.0 Å². The summed E-state index contributed by atoms with van der Waals surface area (Å²) in [5.41, 5.74) is 2.81. The minimum atomic E-state index is 0.482. The van der Waals surface area contributed by atoms with Gasteiger partial charge < -0.3 is 10.1 Å². The molecule has 3 rings (SSSR count). The Morgan fingerprint density at radius 1 is 1.38 bits per heavy atom. The first-order valence-corrected chi connectivity index (χ1v) is 9.16. The van der Waals surface area contributed by atoms with E-state index in [1.807, 2.05) is 0 Å². The van der Waals surface area contributed by atoms with Gasteiger partial charge in [0.15, 0.2) is 0 Å². The molecule has 1 atom stereocenters. The summed E-state index contributed by atoms with van der Waals surface area (Å²) in [6, 6.07) is 9.03. The molecule has 0 bridgehead atoms. The molecule has 21 heavy (non-hydrogen) atoms. The van der Waals surface area contributed by atoms with E-state index in [9.17, 15) is 0 Å². The molecule has 0 spiro atoms. The predicted molar refractivity (Wildman–Crippen MR) is 92.1 cm³/mol. The summed E-state index contributed by atoms with van der Waals surface area (Å²) in [7, 11) is 0. The van der Waals surface area contributed by atoms with E-state index < -0.39 is 0 Å². The van der Waals surface area contributed by atoms with Crippen LogP contribution in [0.25, 0.3) is 0 Å². The summed E-state index contributed by atoms with van der Waals surface area (Å²) in [5.74, 6) is 1.05. The van der Waals surface area contributed by atoms with Crippen LogP contribution in [0.1, 0.15) is 41.8 Å². The number of thiophene rings is 1. The van der Waals surface area contributed by atoms with Crippen molar-refractivity contribution in [3.05, 3.63) is 50.1 Å². The number of nitrogens with one attached hydrogen (secondary N) is 1. The highest BCUT2D eigenvalue weighted by Gasteiger charge is 2.22. The second-order valence-corrected chi connectivity index (χ2v) is 7.16. The number of ether oxygens (including phenoxy) is 1. The topological polar surface area (TPSA) is 21.3 Å². The summed E-state index contributed by atoms with van der Waals surface area (Å²) in [6.07, 6.45) is 3.58. The first-order valence-electron chi connectivity index (χ1n) is 7.49. The number of hydrogen-bond donors (Lipinski definition) is 1. The van der Waals surface area contributed by atoms with Crippen molar-refractivity contribution in [2.24, 2.45) is 0 Å². The molecule has 1 heterocycles. The largest absolute Gasteiger partial charge is 0.488 e. The monoisotopic (exact) mass is 365 g/mol. The molecule has 1 aliphatic carbocycles. The summed E-state index contributed by atoms with van der Waals surface area (Å²) in [6.45, 7) is 3.82. The third-order valence-corrected chi connectivity index (χ3v) is 5.86. The molecule has 1 unspecified atom stereocenters. The van der Waals surface area contributed by atoms with Crippen LogP contribution in [-0.4, -0.2) is 6.54 Å². The van der Waals surface area contributed by atoms with Crippen LogP contribution in [0.15, 0.2) is 34.1 Å². The third-order valence-electron chi connectivity index (χ3n) is 3.96. The molecule has 1 aromatic carbocycles. The molecular weight excluding hydrogens is 346 g/mol.